The van der Waals surface area contributed by atoms with E-state index in [-0.39, 0.29) is 24.3 Å². The molecule has 0 aromatic rings. The second kappa shape index (κ2) is 23.1. The quantitative estimate of drug-likeness (QED) is 0.222. The summed E-state index contributed by atoms with van der Waals surface area (Å²) in [7, 11) is -1.08. The molecule has 0 rings (SSSR count). The van der Waals surface area contributed by atoms with Crippen LogP contribution >= 0.6 is 8.69 Å². The molecule has 0 spiro atoms. The molecule has 0 unspecified atom stereocenters. The van der Waals surface area contributed by atoms with E-state index >= 15 is 0 Å². The van der Waals surface area contributed by atoms with Crippen molar-refractivity contribution in [3.8, 4) is 0 Å². The van der Waals surface area contributed by atoms with E-state index < -0.39 is 8.69 Å². The molecule has 2 N–H and O–H groups in total. The van der Waals surface area contributed by atoms with Crippen molar-refractivity contribution in [1.82, 2.24) is 0 Å². The van der Waals surface area contributed by atoms with E-state index in [1.807, 2.05) is 0 Å². The van der Waals surface area contributed by atoms with Gasteiger partial charge in [0.2, 0.25) is 0 Å². The maximum atomic E-state index is 8.35. The Balaban J connectivity index is -0.0000000200. The Morgan fingerprint density at radius 1 is 1.60 bits per heavy atom. The fraction of sp³-hybridized carbons (Fsp3) is 0. The van der Waals surface area contributed by atoms with Crippen LogP contribution in [0.1, 0.15) is 0 Å². The topological polar surface area (TPSA) is 71.6 Å². The van der Waals surface area contributed by atoms with Crippen LogP contribution in [-0.4, -0.2) is 5.48 Å². The molecule has 0 aliphatic heterocycles. The molecule has 0 amide bonds. The first-order valence-corrected chi connectivity index (χ1v) is 1.10. The second-order valence-corrected chi connectivity index (χ2v) is 0.224. The van der Waals surface area contributed by atoms with Gasteiger partial charge in [-0.05, 0) is 0 Å². The van der Waals surface area contributed by atoms with Crippen molar-refractivity contribution < 1.29 is 33.8 Å². The number of hydrogen-bond acceptors (Lipinski definition) is 2. The molecule has 0 fully saturated rings. The summed E-state index contributed by atoms with van der Waals surface area (Å²) in [5.41, 5.74) is 0. The molecule has 3 nitrogen and oxygen atoms in total. The summed E-state index contributed by atoms with van der Waals surface area (Å²) in [5, 5.41) is 0. The minimum absolute atomic E-state index is 0. The Morgan fingerprint density at radius 2 is 1.60 bits per heavy atom. The van der Waals surface area contributed by atoms with E-state index in [9.17, 15) is 0 Å². The summed E-state index contributed by atoms with van der Waals surface area (Å²) < 4.78 is 8.35. The van der Waals surface area contributed by atoms with Crippen molar-refractivity contribution in [2.24, 2.45) is 0 Å². The molecule has 0 radical (unpaired) electrons. The predicted molar refractivity (Wildman–Crippen MR) is 11.2 cm³/mol. The van der Waals surface area contributed by atoms with Gasteiger partial charge in [-0.15, -0.1) is 0 Å². The molecule has 0 aliphatic rings. The van der Waals surface area contributed by atoms with E-state index in [1.54, 1.807) is 0 Å². The van der Waals surface area contributed by atoms with Crippen LogP contribution in [0.5, 0.6) is 0 Å². The fourth-order valence-electron chi connectivity index (χ4n) is 0. The van der Waals surface area contributed by atoms with E-state index in [4.69, 9.17) is 9.46 Å². The largest absolute Gasteiger partial charge is 1.00 e. The van der Waals surface area contributed by atoms with Crippen molar-refractivity contribution in [2.45, 2.75) is 0 Å². The van der Waals surface area contributed by atoms with Crippen molar-refractivity contribution in [1.29, 1.82) is 0 Å². The standard InChI is InChI=1S/Li.HO2P.H2O/c;1-3-2;/h;(H,1,2);1H2/q+1;;/p-1. The van der Waals surface area contributed by atoms with Gasteiger partial charge in [0, 0.05) is 0 Å². The van der Waals surface area contributed by atoms with Crippen LogP contribution in [0.3, 0.4) is 0 Å². The SMILES string of the molecule is O.O=P[O-].[Li+]. The Morgan fingerprint density at radius 3 is 1.60 bits per heavy atom. The smallest absolute Gasteiger partial charge is 0.772 e. The molecule has 0 aromatic carbocycles. The summed E-state index contributed by atoms with van der Waals surface area (Å²) in [4.78, 5) is 8.35. The Bertz CT molecular complexity index is 14.4. The summed E-state index contributed by atoms with van der Waals surface area (Å²) in [6.07, 6.45) is 0. The molecule has 0 heterocycles. The Kier molecular flexibility index (Phi) is 80.8. The predicted octanol–water partition coefficient (Wildman–Crippen LogP) is -4.27. The van der Waals surface area contributed by atoms with Crippen LogP contribution in [-0.2, 0) is 4.57 Å². The average molecular weight is 87.9 g/mol. The zero-order chi connectivity index (χ0) is 2.71. The van der Waals surface area contributed by atoms with E-state index in [2.05, 4.69) is 0 Å². The Hall–Kier alpha value is 0.617. The zero-order valence-corrected chi connectivity index (χ0v) is 3.66. The van der Waals surface area contributed by atoms with E-state index in [0.29, 0.717) is 0 Å². The minimum atomic E-state index is -1.08. The van der Waals surface area contributed by atoms with Crippen LogP contribution in [0.4, 0.5) is 0 Å². The van der Waals surface area contributed by atoms with Gasteiger partial charge in [0.25, 0.3) is 0 Å². The van der Waals surface area contributed by atoms with Crippen molar-refractivity contribution in [3.63, 3.8) is 0 Å². The molecule has 0 bridgehead atoms. The molecule has 0 aromatic heterocycles. The molecule has 26 valence electrons. The molecule has 0 saturated carbocycles. The van der Waals surface area contributed by atoms with Crippen molar-refractivity contribution in [2.75, 3.05) is 0 Å². The average Bonchev–Trinajstić information content (AvgIpc) is 0.918. The summed E-state index contributed by atoms with van der Waals surface area (Å²) in [6.45, 7) is 0. The van der Waals surface area contributed by atoms with Crippen LogP contribution in [0.25, 0.3) is 0 Å². The van der Waals surface area contributed by atoms with Gasteiger partial charge in [-0.2, -0.15) is 0 Å². The first-order valence-electron chi connectivity index (χ1n) is 0.365. The molecule has 5 heteroatoms. The molecular formula is H2LiO3P. The van der Waals surface area contributed by atoms with Crippen molar-refractivity contribution >= 4 is 8.69 Å². The maximum absolute atomic E-state index is 8.35. The monoisotopic (exact) mass is 88.0 g/mol. The van der Waals surface area contributed by atoms with Crippen molar-refractivity contribution in [3.05, 3.63) is 0 Å². The molecule has 0 atom stereocenters. The fourth-order valence-corrected chi connectivity index (χ4v) is 0. The minimum Gasteiger partial charge on any atom is -0.772 e. The van der Waals surface area contributed by atoms with E-state index in [0.717, 1.165) is 0 Å². The zero-order valence-electron chi connectivity index (χ0n) is 2.76. The first-order chi connectivity index (χ1) is 1.41. The van der Waals surface area contributed by atoms with Crippen LogP contribution in [0.2, 0.25) is 0 Å². The van der Waals surface area contributed by atoms with Gasteiger partial charge in [0.15, 0.2) is 0 Å². The van der Waals surface area contributed by atoms with Crippen LogP contribution in [0, 0.1) is 0 Å². The molecule has 0 saturated heterocycles. The number of rotatable bonds is 0. The first kappa shape index (κ1) is 17.5. The molecular weight excluding hydrogens is 85.9 g/mol. The maximum Gasteiger partial charge on any atom is 1.00 e. The normalized spacial score (nSPS) is 4.20. The van der Waals surface area contributed by atoms with Gasteiger partial charge in [-0.1, -0.05) is 0 Å². The van der Waals surface area contributed by atoms with Crippen LogP contribution in [0.15, 0.2) is 0 Å². The summed E-state index contributed by atoms with van der Waals surface area (Å²) >= 11 is 0. The van der Waals surface area contributed by atoms with Gasteiger partial charge in [0.1, 0.15) is 0 Å². The van der Waals surface area contributed by atoms with Gasteiger partial charge < -0.3 is 10.4 Å². The Labute approximate surface area is 43.2 Å². The second-order valence-electron chi connectivity index (χ2n) is 0.0745. The molecule has 0 aliphatic carbocycles. The third-order valence-corrected chi connectivity index (χ3v) is 0. The summed E-state index contributed by atoms with van der Waals surface area (Å²) in [5.74, 6) is 0. The van der Waals surface area contributed by atoms with Crippen LogP contribution < -0.4 is 23.8 Å². The number of hydrogen-bond donors (Lipinski definition) is 0. The third kappa shape index (κ3) is 83.0. The summed E-state index contributed by atoms with van der Waals surface area (Å²) in [6, 6.07) is 0. The third-order valence-electron chi connectivity index (χ3n) is 0. The van der Waals surface area contributed by atoms with Gasteiger partial charge in [-0.3, -0.25) is 4.57 Å². The van der Waals surface area contributed by atoms with Gasteiger partial charge >= 0.3 is 18.9 Å². The van der Waals surface area contributed by atoms with Gasteiger partial charge in [0.05, 0.1) is 8.69 Å². The van der Waals surface area contributed by atoms with Gasteiger partial charge in [-0.25, -0.2) is 0 Å². The molecule has 5 heavy (non-hydrogen) atoms. The van der Waals surface area contributed by atoms with E-state index in [1.165, 1.54) is 0 Å².